The van der Waals surface area contributed by atoms with Gasteiger partial charge in [-0.15, -0.1) is 13.2 Å². The van der Waals surface area contributed by atoms with E-state index in [1.165, 1.54) is 18.5 Å². The van der Waals surface area contributed by atoms with Gasteiger partial charge < -0.3 is 19.3 Å². The third-order valence-corrected chi connectivity index (χ3v) is 6.72. The van der Waals surface area contributed by atoms with Crippen LogP contribution in [-0.4, -0.2) is 77.3 Å². The molecule has 0 aliphatic carbocycles. The lowest BCUT2D eigenvalue weighted by Gasteiger charge is -2.32. The Balaban J connectivity index is 1.25. The van der Waals surface area contributed by atoms with Crippen LogP contribution >= 0.6 is 0 Å². The molecule has 11 heteroatoms. The molecule has 1 aromatic heterocycles. The molecular formula is C26H25F3N4O4. The van der Waals surface area contributed by atoms with Crippen molar-refractivity contribution in [2.45, 2.75) is 25.1 Å². The average Bonchev–Trinajstić information content (AvgIpc) is 2.92. The summed E-state index contributed by atoms with van der Waals surface area (Å²) in [4.78, 5) is 38.1. The number of hydrogen-bond donors (Lipinski definition) is 0. The van der Waals surface area contributed by atoms with Gasteiger partial charge in [0.15, 0.2) is 0 Å². The van der Waals surface area contributed by atoms with Gasteiger partial charge in [0.2, 0.25) is 0 Å². The number of nitrogens with zero attached hydrogens (tertiary/aromatic N) is 4. The van der Waals surface area contributed by atoms with Crippen molar-refractivity contribution in [2.75, 3.05) is 39.4 Å². The summed E-state index contributed by atoms with van der Waals surface area (Å²) in [5.41, 5.74) is 2.46. The molecule has 0 spiro atoms. The first-order valence-electron chi connectivity index (χ1n) is 12.1. The number of rotatable bonds is 4. The zero-order valence-corrected chi connectivity index (χ0v) is 19.9. The molecule has 2 fully saturated rings. The van der Waals surface area contributed by atoms with E-state index in [1.54, 1.807) is 21.9 Å². The molecule has 2 saturated heterocycles. The molecule has 0 N–H and O–H groups in total. The van der Waals surface area contributed by atoms with E-state index in [9.17, 15) is 22.8 Å². The fourth-order valence-electron chi connectivity index (χ4n) is 4.82. The van der Waals surface area contributed by atoms with Crippen molar-refractivity contribution in [3.63, 3.8) is 0 Å². The van der Waals surface area contributed by atoms with E-state index < -0.39 is 6.36 Å². The molecule has 0 radical (unpaired) electrons. The maximum atomic E-state index is 12.9. The number of hydrogen-bond acceptors (Lipinski definition) is 6. The highest BCUT2D eigenvalue weighted by Gasteiger charge is 2.31. The first-order chi connectivity index (χ1) is 17.8. The molecule has 3 aromatic rings. The lowest BCUT2D eigenvalue weighted by molar-refractivity contribution is -0.274. The van der Waals surface area contributed by atoms with E-state index in [1.807, 2.05) is 6.07 Å². The number of alkyl halides is 3. The molecule has 2 amide bonds. The molecular weight excluding hydrogens is 489 g/mol. The van der Waals surface area contributed by atoms with Gasteiger partial charge in [0.25, 0.3) is 11.8 Å². The van der Waals surface area contributed by atoms with Crippen molar-refractivity contribution in [3.8, 4) is 5.75 Å². The zero-order chi connectivity index (χ0) is 26.0. The fourth-order valence-corrected chi connectivity index (χ4v) is 4.82. The molecule has 37 heavy (non-hydrogen) atoms. The number of halogens is 3. The average molecular weight is 515 g/mol. The van der Waals surface area contributed by atoms with Crippen molar-refractivity contribution in [1.29, 1.82) is 0 Å². The van der Waals surface area contributed by atoms with Gasteiger partial charge in [0.1, 0.15) is 12.1 Å². The Kier molecular flexibility index (Phi) is 6.96. The van der Waals surface area contributed by atoms with Crippen LogP contribution in [0.3, 0.4) is 0 Å². The Morgan fingerprint density at radius 1 is 0.865 bits per heavy atom. The SMILES string of the molecule is O=C(c1ccc2c(C3CCN(C(=O)c4ccc(OC(F)(F)F)cc4)CC3)ncnc2c1)N1CCOCC1. The first-order valence-corrected chi connectivity index (χ1v) is 12.1. The van der Waals surface area contributed by atoms with Crippen LogP contribution in [-0.2, 0) is 4.74 Å². The molecule has 2 aliphatic rings. The van der Waals surface area contributed by atoms with Gasteiger partial charge in [-0.05, 0) is 49.2 Å². The van der Waals surface area contributed by atoms with Crippen LogP contribution in [0.4, 0.5) is 13.2 Å². The van der Waals surface area contributed by atoms with Crippen molar-refractivity contribution in [3.05, 3.63) is 65.6 Å². The summed E-state index contributed by atoms with van der Waals surface area (Å²) >= 11 is 0. The van der Waals surface area contributed by atoms with E-state index >= 15 is 0 Å². The number of piperidine rings is 1. The number of ether oxygens (including phenoxy) is 2. The highest BCUT2D eigenvalue weighted by Crippen LogP contribution is 2.32. The summed E-state index contributed by atoms with van der Waals surface area (Å²) in [7, 11) is 0. The Bertz CT molecular complexity index is 1290. The van der Waals surface area contributed by atoms with E-state index in [0.717, 1.165) is 23.2 Å². The zero-order valence-electron chi connectivity index (χ0n) is 19.9. The summed E-state index contributed by atoms with van der Waals surface area (Å²) in [6, 6.07) is 10.4. The molecule has 194 valence electrons. The Labute approximate surface area is 211 Å². The number of morpholine rings is 1. The predicted octanol–water partition coefficient (Wildman–Crippen LogP) is 4.02. The van der Waals surface area contributed by atoms with Gasteiger partial charge in [-0.25, -0.2) is 9.97 Å². The minimum atomic E-state index is -4.78. The molecule has 0 unspecified atom stereocenters. The quantitative estimate of drug-likeness (QED) is 0.523. The van der Waals surface area contributed by atoms with Crippen LogP contribution in [0, 0.1) is 0 Å². The topological polar surface area (TPSA) is 84.9 Å². The van der Waals surface area contributed by atoms with Crippen molar-refractivity contribution in [2.24, 2.45) is 0 Å². The lowest BCUT2D eigenvalue weighted by Crippen LogP contribution is -2.40. The van der Waals surface area contributed by atoms with Crippen molar-refractivity contribution >= 4 is 22.7 Å². The molecule has 0 atom stereocenters. The van der Waals surface area contributed by atoms with Crippen LogP contribution < -0.4 is 4.74 Å². The monoisotopic (exact) mass is 514 g/mol. The Hall–Kier alpha value is -3.73. The van der Waals surface area contributed by atoms with Gasteiger partial charge in [-0.3, -0.25) is 9.59 Å². The van der Waals surface area contributed by atoms with Gasteiger partial charge in [0.05, 0.1) is 24.4 Å². The molecule has 0 saturated carbocycles. The Morgan fingerprint density at radius 2 is 1.49 bits per heavy atom. The molecule has 2 aromatic carbocycles. The highest BCUT2D eigenvalue weighted by atomic mass is 19.4. The minimum absolute atomic E-state index is 0.0461. The molecule has 0 bridgehead atoms. The maximum Gasteiger partial charge on any atom is 0.573 e. The van der Waals surface area contributed by atoms with Crippen LogP contribution in [0.25, 0.3) is 10.9 Å². The minimum Gasteiger partial charge on any atom is -0.406 e. The summed E-state index contributed by atoms with van der Waals surface area (Å²) in [5, 5.41) is 0.881. The summed E-state index contributed by atoms with van der Waals surface area (Å²) in [6.07, 6.45) is -1.91. The van der Waals surface area contributed by atoms with E-state index in [0.29, 0.717) is 68.9 Å². The smallest absolute Gasteiger partial charge is 0.406 e. The lowest BCUT2D eigenvalue weighted by atomic mass is 9.90. The van der Waals surface area contributed by atoms with Gasteiger partial charge >= 0.3 is 6.36 Å². The van der Waals surface area contributed by atoms with E-state index in [-0.39, 0.29) is 23.5 Å². The van der Waals surface area contributed by atoms with Crippen LogP contribution in [0.1, 0.15) is 45.2 Å². The van der Waals surface area contributed by atoms with Crippen LogP contribution in [0.2, 0.25) is 0 Å². The summed E-state index contributed by atoms with van der Waals surface area (Å²) in [5.74, 6) is -0.544. The summed E-state index contributed by atoms with van der Waals surface area (Å²) < 4.78 is 46.3. The molecule has 2 aliphatic heterocycles. The molecule has 5 rings (SSSR count). The van der Waals surface area contributed by atoms with E-state index in [4.69, 9.17) is 4.74 Å². The van der Waals surface area contributed by atoms with Crippen LogP contribution in [0.5, 0.6) is 5.75 Å². The number of benzene rings is 2. The third kappa shape index (κ3) is 5.66. The second kappa shape index (κ2) is 10.3. The molecule has 3 heterocycles. The number of carbonyl (C=O) groups is 2. The van der Waals surface area contributed by atoms with E-state index in [2.05, 4.69) is 14.7 Å². The van der Waals surface area contributed by atoms with Gasteiger partial charge in [0, 0.05) is 48.6 Å². The maximum absolute atomic E-state index is 12.9. The van der Waals surface area contributed by atoms with Crippen molar-refractivity contribution < 1.29 is 32.2 Å². The normalized spacial score (nSPS) is 17.2. The number of fused-ring (bicyclic) bond motifs is 1. The second-order valence-corrected chi connectivity index (χ2v) is 9.03. The van der Waals surface area contributed by atoms with Gasteiger partial charge in [-0.2, -0.15) is 0 Å². The number of aromatic nitrogens is 2. The number of likely N-dealkylation sites (tertiary alicyclic amines) is 1. The first kappa shape index (κ1) is 24.9. The highest BCUT2D eigenvalue weighted by molar-refractivity contribution is 5.98. The summed E-state index contributed by atoms with van der Waals surface area (Å²) in [6.45, 7) is 3.17. The standard InChI is InChI=1S/C26H25F3N4O4/c27-26(28,29)37-20-4-1-18(2-5-20)24(34)32-9-7-17(8-10-32)23-21-6-3-19(15-22(21)30-16-31-23)25(35)33-11-13-36-14-12-33/h1-6,15-17H,7-14H2. The fraction of sp³-hybridized carbons (Fsp3) is 0.385. The number of carbonyl (C=O) groups excluding carboxylic acids is 2. The van der Waals surface area contributed by atoms with Crippen molar-refractivity contribution in [1.82, 2.24) is 19.8 Å². The predicted molar refractivity (Wildman–Crippen MR) is 127 cm³/mol. The second-order valence-electron chi connectivity index (χ2n) is 9.03. The van der Waals surface area contributed by atoms with Crippen LogP contribution in [0.15, 0.2) is 48.8 Å². The third-order valence-electron chi connectivity index (χ3n) is 6.72. The number of amides is 2. The Morgan fingerprint density at radius 3 is 2.16 bits per heavy atom. The molecule has 8 nitrogen and oxygen atoms in total. The largest absolute Gasteiger partial charge is 0.573 e. The van der Waals surface area contributed by atoms with Gasteiger partial charge in [-0.1, -0.05) is 6.07 Å².